The highest BCUT2D eigenvalue weighted by Crippen LogP contribution is 2.49. The van der Waals surface area contributed by atoms with Crippen LogP contribution in [-0.4, -0.2) is 31.7 Å². The van der Waals surface area contributed by atoms with Crippen molar-refractivity contribution < 1.29 is 4.79 Å². The summed E-state index contributed by atoms with van der Waals surface area (Å²) in [5.74, 6) is 0.258. The van der Waals surface area contributed by atoms with E-state index in [-0.39, 0.29) is 5.91 Å². The number of rotatable bonds is 4. The molecule has 30 heavy (non-hydrogen) atoms. The van der Waals surface area contributed by atoms with Gasteiger partial charge >= 0.3 is 0 Å². The predicted molar refractivity (Wildman–Crippen MR) is 121 cm³/mol. The molecule has 0 saturated heterocycles. The summed E-state index contributed by atoms with van der Waals surface area (Å²) in [5, 5.41) is 6.52. The molecule has 5 nitrogen and oxygen atoms in total. The maximum absolute atomic E-state index is 13.0. The normalized spacial score (nSPS) is 17.4. The molecule has 0 atom stereocenters. The zero-order valence-electron chi connectivity index (χ0n) is 17.6. The molecule has 1 fully saturated rings. The third kappa shape index (κ3) is 3.23. The quantitative estimate of drug-likeness (QED) is 0.543. The first-order chi connectivity index (χ1) is 14.3. The minimum atomic E-state index is 0.258. The molecule has 7 heteroatoms. The maximum atomic E-state index is 13.0. The SMILES string of the molecule is Cn1cc(-c2cc(Cl)c(Cl)c3c2c2c(n3C)CCN(C(=O)CCC3(C)CC3)C2)cn1. The maximum Gasteiger partial charge on any atom is 0.222 e. The van der Waals surface area contributed by atoms with Gasteiger partial charge in [-0.05, 0) is 36.3 Å². The van der Waals surface area contributed by atoms with Gasteiger partial charge in [-0.2, -0.15) is 5.10 Å². The number of carbonyl (C=O) groups is 1. The molecule has 158 valence electrons. The number of hydrogen-bond donors (Lipinski definition) is 0. The van der Waals surface area contributed by atoms with E-state index in [2.05, 4.69) is 16.6 Å². The highest BCUT2D eigenvalue weighted by molar-refractivity contribution is 6.45. The molecule has 0 spiro atoms. The lowest BCUT2D eigenvalue weighted by atomic mass is 9.97. The number of carbonyl (C=O) groups excluding carboxylic acids is 1. The fourth-order valence-electron chi connectivity index (χ4n) is 4.75. The molecule has 0 bridgehead atoms. The molecular formula is C23H26Cl2N4O. The Morgan fingerprint density at radius 1 is 1.27 bits per heavy atom. The first-order valence-corrected chi connectivity index (χ1v) is 11.3. The first-order valence-electron chi connectivity index (χ1n) is 10.5. The summed E-state index contributed by atoms with van der Waals surface area (Å²) < 4.78 is 3.94. The number of amides is 1. The molecule has 1 aliphatic carbocycles. The van der Waals surface area contributed by atoms with Gasteiger partial charge in [0.1, 0.15) is 0 Å². The van der Waals surface area contributed by atoms with E-state index in [4.69, 9.17) is 23.2 Å². The molecular weight excluding hydrogens is 419 g/mol. The third-order valence-corrected chi connectivity index (χ3v) is 7.74. The second-order valence-corrected chi connectivity index (χ2v) is 9.99. The van der Waals surface area contributed by atoms with E-state index >= 15 is 0 Å². The van der Waals surface area contributed by atoms with Gasteiger partial charge in [-0.15, -0.1) is 0 Å². The summed E-state index contributed by atoms with van der Waals surface area (Å²) in [7, 11) is 3.95. The Morgan fingerprint density at radius 3 is 2.70 bits per heavy atom. The van der Waals surface area contributed by atoms with Crippen molar-refractivity contribution in [3.05, 3.63) is 39.8 Å². The summed E-state index contributed by atoms with van der Waals surface area (Å²) >= 11 is 13.2. The van der Waals surface area contributed by atoms with Crippen LogP contribution < -0.4 is 0 Å². The molecule has 1 aliphatic heterocycles. The summed E-state index contributed by atoms with van der Waals surface area (Å²) in [5.41, 5.74) is 5.77. The van der Waals surface area contributed by atoms with E-state index in [0.717, 1.165) is 41.4 Å². The molecule has 1 amide bonds. The topological polar surface area (TPSA) is 43.1 Å². The summed E-state index contributed by atoms with van der Waals surface area (Å²) in [6.45, 7) is 3.65. The summed E-state index contributed by atoms with van der Waals surface area (Å²) in [6.07, 6.45) is 8.79. The van der Waals surface area contributed by atoms with E-state index < -0.39 is 0 Å². The van der Waals surface area contributed by atoms with Crippen LogP contribution in [0.2, 0.25) is 10.0 Å². The van der Waals surface area contributed by atoms with Crippen molar-refractivity contribution in [1.82, 2.24) is 19.2 Å². The van der Waals surface area contributed by atoms with Crippen molar-refractivity contribution >= 4 is 40.0 Å². The van der Waals surface area contributed by atoms with Crippen molar-refractivity contribution in [2.45, 2.75) is 45.6 Å². The largest absolute Gasteiger partial charge is 0.346 e. The zero-order valence-corrected chi connectivity index (χ0v) is 19.1. The van der Waals surface area contributed by atoms with E-state index in [1.807, 2.05) is 37.5 Å². The number of benzene rings is 1. The Hall–Kier alpha value is -1.98. The lowest BCUT2D eigenvalue weighted by Crippen LogP contribution is -2.36. The van der Waals surface area contributed by atoms with Gasteiger partial charge in [0.2, 0.25) is 5.91 Å². The number of hydrogen-bond acceptors (Lipinski definition) is 2. The second-order valence-electron chi connectivity index (χ2n) is 9.21. The van der Waals surface area contributed by atoms with Gasteiger partial charge in [-0.1, -0.05) is 30.1 Å². The zero-order chi connectivity index (χ0) is 21.2. The monoisotopic (exact) mass is 444 g/mol. The Morgan fingerprint density at radius 2 is 2.03 bits per heavy atom. The number of aromatic nitrogens is 3. The Labute approximate surface area is 186 Å². The Balaban J connectivity index is 1.58. The van der Waals surface area contributed by atoms with Crippen LogP contribution in [0.5, 0.6) is 0 Å². The van der Waals surface area contributed by atoms with Crippen molar-refractivity contribution in [3.8, 4) is 11.1 Å². The van der Waals surface area contributed by atoms with Gasteiger partial charge in [0.05, 0.1) is 21.8 Å². The Kier molecular flexibility index (Phi) is 4.67. The minimum absolute atomic E-state index is 0.258. The van der Waals surface area contributed by atoms with Crippen molar-refractivity contribution in [2.24, 2.45) is 19.5 Å². The highest BCUT2D eigenvalue weighted by atomic mass is 35.5. The number of fused-ring (bicyclic) bond motifs is 3. The molecule has 2 aromatic heterocycles. The molecule has 2 aliphatic rings. The summed E-state index contributed by atoms with van der Waals surface area (Å²) in [4.78, 5) is 15.0. The van der Waals surface area contributed by atoms with Gasteiger partial charge in [-0.25, -0.2) is 0 Å². The smallest absolute Gasteiger partial charge is 0.222 e. The minimum Gasteiger partial charge on any atom is -0.346 e. The van der Waals surface area contributed by atoms with E-state index in [1.54, 1.807) is 4.68 Å². The van der Waals surface area contributed by atoms with Crippen LogP contribution in [-0.2, 0) is 31.9 Å². The lowest BCUT2D eigenvalue weighted by Gasteiger charge is -2.28. The molecule has 1 aromatic carbocycles. The second kappa shape index (κ2) is 7.03. The molecule has 3 aromatic rings. The first kappa shape index (κ1) is 20.0. The van der Waals surface area contributed by atoms with Gasteiger partial charge < -0.3 is 9.47 Å². The van der Waals surface area contributed by atoms with Crippen LogP contribution in [0, 0.1) is 5.41 Å². The number of halogens is 2. The van der Waals surface area contributed by atoms with Crippen molar-refractivity contribution in [2.75, 3.05) is 6.54 Å². The third-order valence-electron chi connectivity index (χ3n) is 6.97. The predicted octanol–water partition coefficient (Wildman–Crippen LogP) is 5.35. The van der Waals surface area contributed by atoms with Gasteiger partial charge in [0.25, 0.3) is 0 Å². The fourth-order valence-corrected chi connectivity index (χ4v) is 5.22. The number of nitrogens with zero attached hydrogens (tertiary/aromatic N) is 4. The molecule has 0 unspecified atom stereocenters. The van der Waals surface area contributed by atoms with Gasteiger partial charge in [0.15, 0.2) is 0 Å². The Bertz CT molecular complexity index is 1170. The summed E-state index contributed by atoms with van der Waals surface area (Å²) in [6, 6.07) is 1.93. The average Bonchev–Trinajstić information content (AvgIpc) is 3.18. The number of aryl methyl sites for hydroxylation is 2. The van der Waals surface area contributed by atoms with Crippen molar-refractivity contribution in [3.63, 3.8) is 0 Å². The van der Waals surface area contributed by atoms with Crippen LogP contribution in [0.25, 0.3) is 22.0 Å². The molecule has 0 radical (unpaired) electrons. The van der Waals surface area contributed by atoms with E-state index in [9.17, 15) is 4.79 Å². The molecule has 3 heterocycles. The van der Waals surface area contributed by atoms with Crippen LogP contribution in [0.4, 0.5) is 0 Å². The van der Waals surface area contributed by atoms with Crippen LogP contribution in [0.3, 0.4) is 0 Å². The highest BCUT2D eigenvalue weighted by Gasteiger charge is 2.38. The van der Waals surface area contributed by atoms with E-state index in [1.165, 1.54) is 24.1 Å². The average molecular weight is 445 g/mol. The standard InChI is InChI=1S/C23H26Cl2N4O/c1-23(7-8-23)6-4-19(30)29-9-5-18-16(13-29)20-15(14-11-26-27(2)12-14)10-17(24)21(25)22(20)28(18)3/h10-12H,4-9,13H2,1-3H3. The van der Waals surface area contributed by atoms with Crippen LogP contribution in [0.15, 0.2) is 18.5 Å². The van der Waals surface area contributed by atoms with Gasteiger partial charge in [0, 0.05) is 68.4 Å². The van der Waals surface area contributed by atoms with Crippen LogP contribution in [0.1, 0.15) is 43.9 Å². The van der Waals surface area contributed by atoms with Crippen LogP contribution >= 0.6 is 23.2 Å². The fraction of sp³-hybridized carbons (Fsp3) is 0.478. The molecule has 0 N–H and O–H groups in total. The molecule has 1 saturated carbocycles. The van der Waals surface area contributed by atoms with Gasteiger partial charge in [-0.3, -0.25) is 9.48 Å². The molecule has 5 rings (SSSR count). The van der Waals surface area contributed by atoms with E-state index in [0.29, 0.717) is 28.4 Å². The van der Waals surface area contributed by atoms with Crippen molar-refractivity contribution in [1.29, 1.82) is 0 Å². The lowest BCUT2D eigenvalue weighted by molar-refractivity contribution is -0.132.